The molecule has 0 unspecified atom stereocenters. The fourth-order valence-corrected chi connectivity index (χ4v) is 4.03. The van der Waals surface area contributed by atoms with Crippen LogP contribution in [0, 0.1) is 11.6 Å². The molecular formula is C15H8Br4F2O. The van der Waals surface area contributed by atoms with Crippen molar-refractivity contribution in [2.45, 2.75) is 10.7 Å². The third-order valence-corrected chi connectivity index (χ3v) is 5.11. The Balaban J connectivity index is 2.68. The molecule has 2 rings (SSSR count). The monoisotopic (exact) mass is 558 g/mol. The van der Waals surface area contributed by atoms with E-state index in [0.29, 0.717) is 8.95 Å². The summed E-state index contributed by atoms with van der Waals surface area (Å²) in [6.07, 6.45) is 0. The van der Waals surface area contributed by atoms with Crippen molar-refractivity contribution in [3.63, 3.8) is 0 Å². The van der Waals surface area contributed by atoms with Crippen LogP contribution in [-0.2, 0) is 10.7 Å². The minimum absolute atomic E-state index is 0.188. The number of ketones is 1. The van der Waals surface area contributed by atoms with Gasteiger partial charge in [0.2, 0.25) is 0 Å². The molecule has 0 heterocycles. The van der Waals surface area contributed by atoms with Gasteiger partial charge in [0.05, 0.1) is 0 Å². The highest BCUT2D eigenvalue weighted by atomic mass is 79.9. The zero-order valence-corrected chi connectivity index (χ0v) is 17.2. The zero-order valence-electron chi connectivity index (χ0n) is 10.9. The van der Waals surface area contributed by atoms with Crippen LogP contribution in [0.1, 0.15) is 27.0 Å². The highest BCUT2D eigenvalue weighted by molar-refractivity contribution is 9.10. The average Bonchev–Trinajstić information content (AvgIpc) is 2.45. The van der Waals surface area contributed by atoms with Crippen LogP contribution < -0.4 is 0 Å². The first-order valence-electron chi connectivity index (χ1n) is 6.01. The van der Waals surface area contributed by atoms with Gasteiger partial charge in [0, 0.05) is 41.9 Å². The van der Waals surface area contributed by atoms with Crippen LogP contribution in [0.4, 0.5) is 8.78 Å². The van der Waals surface area contributed by atoms with E-state index >= 15 is 0 Å². The van der Waals surface area contributed by atoms with E-state index in [1.807, 2.05) is 0 Å². The van der Waals surface area contributed by atoms with Crippen molar-refractivity contribution in [1.82, 2.24) is 0 Å². The summed E-state index contributed by atoms with van der Waals surface area (Å²) < 4.78 is 29.0. The Morgan fingerprint density at radius 2 is 1.18 bits per heavy atom. The van der Waals surface area contributed by atoms with Crippen LogP contribution in [-0.4, -0.2) is 5.78 Å². The molecule has 1 nitrogen and oxygen atoms in total. The lowest BCUT2D eigenvalue weighted by atomic mass is 9.95. The van der Waals surface area contributed by atoms with Crippen LogP contribution in [0.15, 0.2) is 33.2 Å². The second kappa shape index (κ2) is 7.64. The lowest BCUT2D eigenvalue weighted by Gasteiger charge is -2.12. The molecule has 0 spiro atoms. The van der Waals surface area contributed by atoms with Gasteiger partial charge in [-0.15, -0.1) is 0 Å². The summed E-state index contributed by atoms with van der Waals surface area (Å²) in [7, 11) is 0. The number of hydrogen-bond donors (Lipinski definition) is 0. The number of hydrogen-bond acceptors (Lipinski definition) is 1. The van der Waals surface area contributed by atoms with E-state index in [9.17, 15) is 13.6 Å². The van der Waals surface area contributed by atoms with Crippen molar-refractivity contribution < 1.29 is 13.6 Å². The molecule has 0 aliphatic carbocycles. The molecule has 2 aromatic carbocycles. The molecule has 0 saturated heterocycles. The van der Waals surface area contributed by atoms with Crippen molar-refractivity contribution in [2.75, 3.05) is 0 Å². The van der Waals surface area contributed by atoms with Gasteiger partial charge in [0.15, 0.2) is 5.78 Å². The van der Waals surface area contributed by atoms with Gasteiger partial charge < -0.3 is 0 Å². The van der Waals surface area contributed by atoms with Gasteiger partial charge in [-0.2, -0.15) is 0 Å². The van der Waals surface area contributed by atoms with Gasteiger partial charge in [-0.05, 0) is 24.3 Å². The van der Waals surface area contributed by atoms with Crippen LogP contribution >= 0.6 is 63.7 Å². The van der Waals surface area contributed by atoms with Gasteiger partial charge in [-0.1, -0.05) is 63.7 Å². The maximum Gasteiger partial charge on any atom is 0.193 e. The predicted octanol–water partition coefficient (Wildman–Crippen LogP) is 6.51. The maximum absolute atomic E-state index is 14.0. The summed E-state index contributed by atoms with van der Waals surface area (Å²) in [4.78, 5) is 12.8. The van der Waals surface area contributed by atoms with Crippen LogP contribution in [0.3, 0.4) is 0 Å². The van der Waals surface area contributed by atoms with E-state index in [2.05, 4.69) is 63.7 Å². The van der Waals surface area contributed by atoms with Gasteiger partial charge in [-0.3, -0.25) is 4.79 Å². The van der Waals surface area contributed by atoms with Crippen molar-refractivity contribution in [3.8, 4) is 0 Å². The lowest BCUT2D eigenvalue weighted by molar-refractivity contribution is 0.103. The van der Waals surface area contributed by atoms with Crippen molar-refractivity contribution in [2.24, 2.45) is 0 Å². The molecule has 0 bridgehead atoms. The summed E-state index contributed by atoms with van der Waals surface area (Å²) in [5.41, 5.74) is 0.884. The third-order valence-electron chi connectivity index (χ3n) is 3.08. The van der Waals surface area contributed by atoms with E-state index in [0.717, 1.165) is 0 Å². The molecule has 0 aliphatic rings. The molecule has 0 N–H and O–H groups in total. The standard InChI is InChI=1S/C15H8Br4F2O/c16-5-11-9(1-7(18)3-13(11)20)15(22)10-2-8(19)4-14(21)12(10)6-17/h1-4H,5-6H2. The van der Waals surface area contributed by atoms with Crippen LogP contribution in [0.25, 0.3) is 0 Å². The summed E-state index contributed by atoms with van der Waals surface area (Å²) >= 11 is 12.7. The van der Waals surface area contributed by atoms with Crippen molar-refractivity contribution in [3.05, 3.63) is 67.1 Å². The quantitative estimate of drug-likeness (QED) is 0.307. The Kier molecular flexibility index (Phi) is 6.33. The predicted molar refractivity (Wildman–Crippen MR) is 96.9 cm³/mol. The number of carbonyl (C=O) groups excluding carboxylic acids is 1. The van der Waals surface area contributed by atoms with Gasteiger partial charge >= 0.3 is 0 Å². The van der Waals surface area contributed by atoms with E-state index in [1.54, 1.807) is 12.1 Å². The fourth-order valence-electron chi connectivity index (χ4n) is 2.03. The summed E-state index contributed by atoms with van der Waals surface area (Å²) in [5, 5.41) is 0.376. The number of alkyl halides is 2. The highest BCUT2D eigenvalue weighted by Gasteiger charge is 2.22. The molecule has 0 saturated carbocycles. The van der Waals surface area contributed by atoms with Crippen LogP contribution in [0.5, 0.6) is 0 Å². The van der Waals surface area contributed by atoms with Crippen molar-refractivity contribution in [1.29, 1.82) is 0 Å². The normalized spacial score (nSPS) is 10.8. The van der Waals surface area contributed by atoms with E-state index in [-0.39, 0.29) is 32.9 Å². The second-order valence-corrected chi connectivity index (χ2v) is 7.38. The Bertz CT molecular complexity index is 685. The van der Waals surface area contributed by atoms with E-state index in [1.165, 1.54) is 12.1 Å². The van der Waals surface area contributed by atoms with Gasteiger partial charge in [-0.25, -0.2) is 8.78 Å². The Hall–Kier alpha value is -0.110. The first-order chi connectivity index (χ1) is 10.4. The third kappa shape index (κ3) is 3.68. The van der Waals surface area contributed by atoms with Gasteiger partial charge in [0.1, 0.15) is 11.6 Å². The molecular weight excluding hydrogens is 554 g/mol. The summed E-state index contributed by atoms with van der Waals surface area (Å²) in [6, 6.07) is 5.66. The minimum Gasteiger partial charge on any atom is -0.289 e. The molecule has 0 radical (unpaired) electrons. The first-order valence-corrected chi connectivity index (χ1v) is 9.84. The van der Waals surface area contributed by atoms with Crippen molar-refractivity contribution >= 4 is 69.5 Å². The molecule has 7 heteroatoms. The summed E-state index contributed by atoms with van der Waals surface area (Å²) in [5.74, 6) is -1.42. The largest absolute Gasteiger partial charge is 0.289 e. The molecule has 2 aromatic rings. The lowest BCUT2D eigenvalue weighted by Crippen LogP contribution is -2.10. The second-order valence-electron chi connectivity index (χ2n) is 4.42. The fraction of sp³-hybridized carbons (Fsp3) is 0.133. The molecule has 116 valence electrons. The first kappa shape index (κ1) is 18.2. The number of rotatable bonds is 4. The molecule has 0 aliphatic heterocycles. The summed E-state index contributed by atoms with van der Waals surface area (Å²) in [6.45, 7) is 0. The smallest absolute Gasteiger partial charge is 0.193 e. The molecule has 0 fully saturated rings. The SMILES string of the molecule is O=C(c1cc(Br)cc(F)c1CBr)c1cc(Br)cc(F)c1CBr. The minimum atomic E-state index is -0.495. The van der Waals surface area contributed by atoms with E-state index < -0.39 is 17.4 Å². The molecule has 0 amide bonds. The number of carbonyl (C=O) groups is 1. The molecule has 0 aromatic heterocycles. The Labute approximate surface area is 160 Å². The zero-order chi connectivity index (χ0) is 16.4. The van der Waals surface area contributed by atoms with Gasteiger partial charge in [0.25, 0.3) is 0 Å². The highest BCUT2D eigenvalue weighted by Crippen LogP contribution is 2.29. The topological polar surface area (TPSA) is 17.1 Å². The van der Waals surface area contributed by atoms with E-state index in [4.69, 9.17) is 0 Å². The molecule has 22 heavy (non-hydrogen) atoms. The maximum atomic E-state index is 14.0. The molecule has 0 atom stereocenters. The Morgan fingerprint density at radius 1 is 0.818 bits per heavy atom. The average molecular weight is 562 g/mol. The van der Waals surface area contributed by atoms with Crippen LogP contribution in [0.2, 0.25) is 0 Å². The Morgan fingerprint density at radius 3 is 1.50 bits per heavy atom. The number of halogens is 6. The number of benzene rings is 2.